The van der Waals surface area contributed by atoms with Crippen molar-refractivity contribution in [2.75, 3.05) is 7.05 Å². The Kier molecular flexibility index (Phi) is 11.5. The molecular weight excluding hydrogens is 182 g/mol. The van der Waals surface area contributed by atoms with Crippen LogP contribution in [0.25, 0.3) is 0 Å². The van der Waals surface area contributed by atoms with E-state index in [1.807, 2.05) is 51.2 Å². The van der Waals surface area contributed by atoms with Gasteiger partial charge in [0.2, 0.25) is 0 Å². The maximum atomic E-state index is 4.50. The van der Waals surface area contributed by atoms with Crippen molar-refractivity contribution in [2.24, 2.45) is 5.73 Å². The van der Waals surface area contributed by atoms with E-state index < -0.39 is 0 Å². The molecule has 0 saturated carbocycles. The molecule has 0 amide bonds. The maximum absolute atomic E-state index is 4.50. The van der Waals surface area contributed by atoms with E-state index in [0.29, 0.717) is 0 Å². The van der Waals surface area contributed by atoms with Gasteiger partial charge in [0.1, 0.15) is 0 Å². The van der Waals surface area contributed by atoms with Crippen LogP contribution in [-0.4, -0.2) is 7.05 Å². The van der Waals surface area contributed by atoms with Crippen LogP contribution in [0, 0.1) is 0 Å². The average molecular weight is 205 g/mol. The van der Waals surface area contributed by atoms with Gasteiger partial charge in [-0.25, -0.2) is 0 Å². The van der Waals surface area contributed by atoms with Crippen LogP contribution in [0.15, 0.2) is 60.3 Å². The summed E-state index contributed by atoms with van der Waals surface area (Å²) in [6.07, 6.45) is 10.1. The standard InChI is InChI=1S/C13H18.CH5N/c1-6-7-8-13(12(4)5)10-9-11(2)3;1-2/h6-10H,2,4H2,1,3,5H3;2H2,1H3/b7-6-,10-9-,13-8-;. The molecule has 2 N–H and O–H groups in total. The first kappa shape index (κ1) is 16.1. The summed E-state index contributed by atoms with van der Waals surface area (Å²) in [7, 11) is 1.50. The lowest BCUT2D eigenvalue weighted by Gasteiger charge is -1.98. The summed E-state index contributed by atoms with van der Waals surface area (Å²) < 4.78 is 0. The minimum absolute atomic E-state index is 1.05. The zero-order chi connectivity index (χ0) is 12.3. The Balaban J connectivity index is 0. The van der Waals surface area contributed by atoms with Gasteiger partial charge in [-0.05, 0) is 33.4 Å². The quantitative estimate of drug-likeness (QED) is 0.695. The van der Waals surface area contributed by atoms with Crippen molar-refractivity contribution in [3.63, 3.8) is 0 Å². The minimum atomic E-state index is 1.05. The van der Waals surface area contributed by atoms with Gasteiger partial charge in [-0.2, -0.15) is 0 Å². The molecule has 0 bridgehead atoms. The van der Waals surface area contributed by atoms with Crippen LogP contribution in [0.3, 0.4) is 0 Å². The first-order valence-electron chi connectivity index (χ1n) is 4.98. The first-order chi connectivity index (χ1) is 7.07. The van der Waals surface area contributed by atoms with Gasteiger partial charge in [0.05, 0.1) is 0 Å². The molecule has 0 aliphatic carbocycles. The first-order valence-corrected chi connectivity index (χ1v) is 4.98. The zero-order valence-electron chi connectivity index (χ0n) is 10.4. The molecule has 0 atom stereocenters. The molecule has 0 aliphatic rings. The third kappa shape index (κ3) is 10.6. The average Bonchev–Trinajstić information content (AvgIpc) is 2.20. The lowest BCUT2D eigenvalue weighted by atomic mass is 10.1. The third-order valence-electron chi connectivity index (χ3n) is 1.51. The second-order valence-electron chi connectivity index (χ2n) is 3.11. The highest BCUT2D eigenvalue weighted by Gasteiger charge is 1.89. The molecule has 0 aromatic heterocycles. The van der Waals surface area contributed by atoms with Crippen molar-refractivity contribution in [1.29, 1.82) is 0 Å². The number of allylic oxidation sites excluding steroid dienone is 8. The fourth-order valence-electron chi connectivity index (χ4n) is 0.772. The Bertz CT molecular complexity index is 278. The van der Waals surface area contributed by atoms with Crippen LogP contribution < -0.4 is 5.73 Å². The highest BCUT2D eigenvalue weighted by molar-refractivity contribution is 5.40. The fraction of sp³-hybridized carbons (Fsp3) is 0.286. The van der Waals surface area contributed by atoms with E-state index in [9.17, 15) is 0 Å². The van der Waals surface area contributed by atoms with E-state index in [2.05, 4.69) is 18.9 Å². The van der Waals surface area contributed by atoms with Crippen LogP contribution >= 0.6 is 0 Å². The molecule has 0 heterocycles. The normalized spacial score (nSPS) is 11.4. The van der Waals surface area contributed by atoms with E-state index in [4.69, 9.17) is 0 Å². The van der Waals surface area contributed by atoms with Crippen LogP contribution in [-0.2, 0) is 0 Å². The lowest BCUT2D eigenvalue weighted by Crippen LogP contribution is -1.78. The van der Waals surface area contributed by atoms with Gasteiger partial charge in [0.15, 0.2) is 0 Å². The predicted molar refractivity (Wildman–Crippen MR) is 71.8 cm³/mol. The molecular formula is C14H23N. The van der Waals surface area contributed by atoms with Gasteiger partial charge >= 0.3 is 0 Å². The Hall–Kier alpha value is -1.34. The summed E-state index contributed by atoms with van der Waals surface area (Å²) in [4.78, 5) is 0. The second kappa shape index (κ2) is 10.7. The van der Waals surface area contributed by atoms with Crippen molar-refractivity contribution < 1.29 is 0 Å². The molecule has 0 radical (unpaired) electrons. The zero-order valence-corrected chi connectivity index (χ0v) is 10.4. The Morgan fingerprint density at radius 2 is 1.60 bits per heavy atom. The van der Waals surface area contributed by atoms with Crippen molar-refractivity contribution >= 4 is 0 Å². The lowest BCUT2D eigenvalue weighted by molar-refractivity contribution is 1.43. The number of hydrogen-bond acceptors (Lipinski definition) is 1. The second-order valence-corrected chi connectivity index (χ2v) is 3.11. The van der Waals surface area contributed by atoms with Crippen molar-refractivity contribution in [2.45, 2.75) is 20.8 Å². The topological polar surface area (TPSA) is 26.0 Å². The Morgan fingerprint density at radius 1 is 1.07 bits per heavy atom. The van der Waals surface area contributed by atoms with Crippen molar-refractivity contribution in [1.82, 2.24) is 0 Å². The monoisotopic (exact) mass is 205 g/mol. The molecule has 15 heavy (non-hydrogen) atoms. The summed E-state index contributed by atoms with van der Waals surface area (Å²) in [6.45, 7) is 13.7. The van der Waals surface area contributed by atoms with E-state index in [0.717, 1.165) is 16.7 Å². The predicted octanol–water partition coefficient (Wildman–Crippen LogP) is 3.77. The minimum Gasteiger partial charge on any atom is -0.333 e. The number of nitrogens with two attached hydrogens (primary N) is 1. The molecule has 0 saturated heterocycles. The van der Waals surface area contributed by atoms with Crippen LogP contribution in [0.1, 0.15) is 20.8 Å². The summed E-state index contributed by atoms with van der Waals surface area (Å²) in [5.74, 6) is 0. The van der Waals surface area contributed by atoms with Gasteiger partial charge in [0.25, 0.3) is 0 Å². The molecule has 0 aromatic rings. The molecule has 0 unspecified atom stereocenters. The van der Waals surface area contributed by atoms with Gasteiger partial charge in [-0.3, -0.25) is 0 Å². The van der Waals surface area contributed by atoms with Gasteiger partial charge < -0.3 is 5.73 Å². The summed E-state index contributed by atoms with van der Waals surface area (Å²) in [5, 5.41) is 0. The molecule has 1 nitrogen and oxygen atoms in total. The van der Waals surface area contributed by atoms with E-state index in [-0.39, 0.29) is 0 Å². The molecule has 0 rings (SSSR count). The van der Waals surface area contributed by atoms with Crippen LogP contribution in [0.4, 0.5) is 0 Å². The molecule has 0 spiro atoms. The van der Waals surface area contributed by atoms with Crippen LogP contribution in [0.5, 0.6) is 0 Å². The molecule has 0 fully saturated rings. The highest BCUT2D eigenvalue weighted by atomic mass is 14.4. The number of rotatable bonds is 4. The molecule has 0 aromatic carbocycles. The third-order valence-corrected chi connectivity index (χ3v) is 1.51. The SMILES string of the molecule is C=C(C)\C=C/C(=C/C=C\C)C(=C)C.CN. The van der Waals surface area contributed by atoms with E-state index in [1.54, 1.807) is 0 Å². The largest absolute Gasteiger partial charge is 0.333 e. The van der Waals surface area contributed by atoms with Crippen LogP contribution in [0.2, 0.25) is 0 Å². The van der Waals surface area contributed by atoms with Gasteiger partial charge in [-0.15, -0.1) is 0 Å². The molecule has 84 valence electrons. The van der Waals surface area contributed by atoms with Crippen molar-refractivity contribution in [3.05, 3.63) is 60.3 Å². The van der Waals surface area contributed by atoms with Gasteiger partial charge in [0, 0.05) is 0 Å². The fourth-order valence-corrected chi connectivity index (χ4v) is 0.772. The molecule has 0 aliphatic heterocycles. The highest BCUT2D eigenvalue weighted by Crippen LogP contribution is 2.09. The van der Waals surface area contributed by atoms with Crippen molar-refractivity contribution in [3.8, 4) is 0 Å². The smallest absolute Gasteiger partial charge is 0.0195 e. The summed E-state index contributed by atoms with van der Waals surface area (Å²) in [6, 6.07) is 0. The number of hydrogen-bond donors (Lipinski definition) is 1. The van der Waals surface area contributed by atoms with Gasteiger partial charge in [-0.1, -0.05) is 54.7 Å². The summed E-state index contributed by atoms with van der Waals surface area (Å²) >= 11 is 0. The van der Waals surface area contributed by atoms with E-state index in [1.165, 1.54) is 7.05 Å². The molecule has 1 heteroatoms. The summed E-state index contributed by atoms with van der Waals surface area (Å²) in [5.41, 5.74) is 7.75. The Labute approximate surface area is 94.4 Å². The van der Waals surface area contributed by atoms with E-state index >= 15 is 0 Å². The Morgan fingerprint density at radius 3 is 1.93 bits per heavy atom. The maximum Gasteiger partial charge on any atom is -0.0195 e.